The molecule has 4 rings (SSSR count). The summed E-state index contributed by atoms with van der Waals surface area (Å²) in [6.07, 6.45) is 0. The second-order valence-electron chi connectivity index (χ2n) is 4.39. The zero-order valence-electron chi connectivity index (χ0n) is 10.5. The molecule has 3 fully saturated rings. The topological polar surface area (TPSA) is 46.2 Å². The monoisotopic (exact) mass is 252 g/mol. The molecule has 0 aromatic heterocycles. The largest absolute Gasteiger partial charge is 0.496 e. The van der Waals surface area contributed by atoms with Gasteiger partial charge in [-0.25, -0.2) is 0 Å². The molecular weight excluding hydrogens is 236 g/mol. The number of rotatable bonds is 3. The van der Waals surface area contributed by atoms with Crippen molar-refractivity contribution < 1.29 is 23.7 Å². The highest BCUT2D eigenvalue weighted by Crippen LogP contribution is 2.46. The van der Waals surface area contributed by atoms with Gasteiger partial charge in [0, 0.05) is 5.92 Å². The van der Waals surface area contributed by atoms with Gasteiger partial charge in [-0.2, -0.15) is 0 Å². The number of benzene rings is 1. The van der Waals surface area contributed by atoms with E-state index in [0.29, 0.717) is 42.8 Å². The Morgan fingerprint density at radius 2 is 1.50 bits per heavy atom. The van der Waals surface area contributed by atoms with Crippen molar-refractivity contribution in [2.24, 2.45) is 5.92 Å². The summed E-state index contributed by atoms with van der Waals surface area (Å²) < 4.78 is 27.9. The minimum absolute atomic E-state index is 0.313. The zero-order chi connectivity index (χ0) is 12.6. The Bertz CT molecular complexity index is 401. The Kier molecular flexibility index (Phi) is 2.89. The van der Waals surface area contributed by atoms with Crippen molar-refractivity contribution in [2.75, 3.05) is 34.0 Å². The first kappa shape index (κ1) is 11.8. The van der Waals surface area contributed by atoms with Crippen molar-refractivity contribution in [1.82, 2.24) is 0 Å². The van der Waals surface area contributed by atoms with Crippen LogP contribution in [0.5, 0.6) is 11.5 Å². The van der Waals surface area contributed by atoms with Crippen LogP contribution in [0.3, 0.4) is 0 Å². The number of hydrogen-bond donors (Lipinski definition) is 0. The van der Waals surface area contributed by atoms with E-state index in [1.54, 1.807) is 14.2 Å². The molecule has 0 unspecified atom stereocenters. The van der Waals surface area contributed by atoms with Gasteiger partial charge in [0.1, 0.15) is 17.1 Å². The van der Waals surface area contributed by atoms with Crippen LogP contribution < -0.4 is 9.47 Å². The zero-order valence-corrected chi connectivity index (χ0v) is 10.5. The maximum atomic E-state index is 5.73. The predicted molar refractivity (Wildman–Crippen MR) is 62.6 cm³/mol. The fourth-order valence-corrected chi connectivity index (χ4v) is 2.32. The molecule has 5 heteroatoms. The Morgan fingerprint density at radius 3 is 1.94 bits per heavy atom. The molecule has 0 amide bonds. The van der Waals surface area contributed by atoms with Crippen LogP contribution in [0.1, 0.15) is 5.56 Å². The van der Waals surface area contributed by atoms with Gasteiger partial charge in [0.05, 0.1) is 34.0 Å². The van der Waals surface area contributed by atoms with Gasteiger partial charge in [-0.15, -0.1) is 0 Å². The lowest BCUT2D eigenvalue weighted by atomic mass is 10.1. The van der Waals surface area contributed by atoms with Crippen LogP contribution >= 0.6 is 0 Å². The second kappa shape index (κ2) is 4.42. The van der Waals surface area contributed by atoms with E-state index in [1.165, 1.54) is 0 Å². The van der Waals surface area contributed by atoms with Crippen LogP contribution in [-0.2, 0) is 20.2 Å². The van der Waals surface area contributed by atoms with Crippen LogP contribution in [-0.4, -0.2) is 34.0 Å². The summed E-state index contributed by atoms with van der Waals surface area (Å²) in [5.41, 5.74) is 0.660. The first-order valence-corrected chi connectivity index (χ1v) is 5.92. The van der Waals surface area contributed by atoms with E-state index in [2.05, 4.69) is 0 Å². The first-order valence-electron chi connectivity index (χ1n) is 5.92. The standard InChI is InChI=1S/C13H16O5/c1-14-10-4-3-5-11(15-2)12(10)13-16-6-9(7-17-13)8-18-13/h3-5,9H,6-8H2,1-2H3. The first-order chi connectivity index (χ1) is 8.79. The van der Waals surface area contributed by atoms with Gasteiger partial charge in [0.15, 0.2) is 0 Å². The quantitative estimate of drug-likeness (QED) is 0.816. The van der Waals surface area contributed by atoms with Gasteiger partial charge < -0.3 is 23.7 Å². The molecule has 1 aromatic rings. The normalized spacial score (nSPS) is 30.2. The highest BCUT2D eigenvalue weighted by molar-refractivity contribution is 5.47. The lowest BCUT2D eigenvalue weighted by Gasteiger charge is -2.45. The van der Waals surface area contributed by atoms with Crippen molar-refractivity contribution >= 4 is 0 Å². The van der Waals surface area contributed by atoms with Crippen LogP contribution in [0.2, 0.25) is 0 Å². The molecule has 2 bridgehead atoms. The smallest absolute Gasteiger partial charge is 0.319 e. The summed E-state index contributed by atoms with van der Waals surface area (Å²) in [6, 6.07) is 5.53. The summed E-state index contributed by atoms with van der Waals surface area (Å²) >= 11 is 0. The third-order valence-electron chi connectivity index (χ3n) is 3.26. The van der Waals surface area contributed by atoms with E-state index < -0.39 is 5.97 Å². The summed E-state index contributed by atoms with van der Waals surface area (Å²) in [5.74, 6) is 0.393. The fourth-order valence-electron chi connectivity index (χ4n) is 2.32. The van der Waals surface area contributed by atoms with E-state index >= 15 is 0 Å². The van der Waals surface area contributed by atoms with Crippen molar-refractivity contribution in [3.63, 3.8) is 0 Å². The fraction of sp³-hybridized carbons (Fsp3) is 0.538. The van der Waals surface area contributed by atoms with E-state index in [1.807, 2.05) is 18.2 Å². The van der Waals surface area contributed by atoms with Gasteiger partial charge in [-0.05, 0) is 12.1 Å². The minimum Gasteiger partial charge on any atom is -0.496 e. The Hall–Kier alpha value is -1.30. The van der Waals surface area contributed by atoms with Crippen molar-refractivity contribution in [3.8, 4) is 11.5 Å². The molecule has 0 aliphatic carbocycles. The van der Waals surface area contributed by atoms with Crippen LogP contribution in [0.15, 0.2) is 18.2 Å². The number of ether oxygens (including phenoxy) is 5. The van der Waals surface area contributed by atoms with Gasteiger partial charge >= 0.3 is 5.97 Å². The molecule has 3 aliphatic heterocycles. The molecule has 3 aliphatic rings. The number of hydrogen-bond acceptors (Lipinski definition) is 5. The van der Waals surface area contributed by atoms with Crippen molar-refractivity contribution in [1.29, 1.82) is 0 Å². The predicted octanol–water partition coefficient (Wildman–Crippen LogP) is 1.51. The maximum absolute atomic E-state index is 5.73. The van der Waals surface area contributed by atoms with Crippen LogP contribution in [0.4, 0.5) is 0 Å². The molecule has 5 nitrogen and oxygen atoms in total. The third kappa shape index (κ3) is 1.67. The molecule has 1 aromatic carbocycles. The van der Waals surface area contributed by atoms with Gasteiger partial charge in [0.25, 0.3) is 0 Å². The molecule has 18 heavy (non-hydrogen) atoms. The molecule has 0 saturated carbocycles. The molecule has 0 radical (unpaired) electrons. The number of methoxy groups -OCH3 is 2. The summed E-state index contributed by atoms with van der Waals surface area (Å²) in [6.45, 7) is 1.88. The molecule has 0 spiro atoms. The molecule has 0 atom stereocenters. The average molecular weight is 252 g/mol. The number of fused-ring (bicyclic) bond motifs is 3. The molecular formula is C13H16O5. The van der Waals surface area contributed by atoms with Crippen LogP contribution in [0.25, 0.3) is 0 Å². The third-order valence-corrected chi connectivity index (χ3v) is 3.26. The van der Waals surface area contributed by atoms with Crippen molar-refractivity contribution in [3.05, 3.63) is 23.8 Å². The lowest BCUT2D eigenvalue weighted by Crippen LogP contribution is -2.52. The average Bonchev–Trinajstić information content (AvgIpc) is 2.48. The van der Waals surface area contributed by atoms with Crippen LogP contribution in [0, 0.1) is 5.92 Å². The Balaban J connectivity index is 2.09. The lowest BCUT2D eigenvalue weighted by molar-refractivity contribution is -0.460. The van der Waals surface area contributed by atoms with E-state index in [-0.39, 0.29) is 0 Å². The van der Waals surface area contributed by atoms with Gasteiger partial charge in [-0.3, -0.25) is 0 Å². The highest BCUT2D eigenvalue weighted by atomic mass is 16.9. The SMILES string of the molecule is COc1cccc(OC)c1C12OCC(CO1)CO2. The highest BCUT2D eigenvalue weighted by Gasteiger charge is 2.49. The van der Waals surface area contributed by atoms with E-state index in [0.717, 1.165) is 0 Å². The Labute approximate surface area is 106 Å². The molecule has 98 valence electrons. The maximum Gasteiger partial charge on any atom is 0.319 e. The van der Waals surface area contributed by atoms with Gasteiger partial charge in [-0.1, -0.05) is 6.07 Å². The molecule has 3 heterocycles. The van der Waals surface area contributed by atoms with Gasteiger partial charge in [0.2, 0.25) is 0 Å². The van der Waals surface area contributed by atoms with Crippen molar-refractivity contribution in [2.45, 2.75) is 5.97 Å². The molecule has 0 N–H and O–H groups in total. The van der Waals surface area contributed by atoms with E-state index in [4.69, 9.17) is 23.7 Å². The summed E-state index contributed by atoms with van der Waals surface area (Å²) in [7, 11) is 3.20. The van der Waals surface area contributed by atoms with E-state index in [9.17, 15) is 0 Å². The minimum atomic E-state index is -1.19. The second-order valence-corrected chi connectivity index (χ2v) is 4.39. The molecule has 3 saturated heterocycles. The summed E-state index contributed by atoms with van der Waals surface area (Å²) in [5, 5.41) is 0. The summed E-state index contributed by atoms with van der Waals surface area (Å²) in [4.78, 5) is 0. The Morgan fingerprint density at radius 1 is 1.00 bits per heavy atom.